The molecule has 3 aromatic carbocycles. The summed E-state index contributed by atoms with van der Waals surface area (Å²) in [4.78, 5) is 5.28. The lowest BCUT2D eigenvalue weighted by Gasteiger charge is -2.11. The van der Waals surface area contributed by atoms with Crippen molar-refractivity contribution in [2.75, 3.05) is 0 Å². The fourth-order valence-corrected chi connectivity index (χ4v) is 3.32. The highest BCUT2D eigenvalue weighted by atomic mass is 35.5. The van der Waals surface area contributed by atoms with E-state index in [9.17, 15) is 0 Å². The van der Waals surface area contributed by atoms with Crippen LogP contribution in [0.15, 0.2) is 65.8 Å². The molecule has 0 amide bonds. The molecule has 0 heterocycles. The quantitative estimate of drug-likeness (QED) is 0.302. The van der Waals surface area contributed by atoms with Gasteiger partial charge in [0.2, 0.25) is 0 Å². The minimum Gasteiger partial charge on any atom is -0.486 e. The Balaban J connectivity index is 1.63. The highest BCUT2D eigenvalue weighted by Crippen LogP contribution is 2.34. The van der Waals surface area contributed by atoms with Crippen LogP contribution in [0.25, 0.3) is 0 Å². The maximum absolute atomic E-state index is 9.08. The molecular formula is C22H15Cl3N2O2. The Morgan fingerprint density at radius 2 is 1.52 bits per heavy atom. The fraction of sp³-hybridized carbons (Fsp3) is 0.0909. The summed E-state index contributed by atoms with van der Waals surface area (Å²) >= 11 is 18.8. The molecule has 0 N–H and O–H groups in total. The monoisotopic (exact) mass is 444 g/mol. The van der Waals surface area contributed by atoms with Gasteiger partial charge in [-0.3, -0.25) is 0 Å². The van der Waals surface area contributed by atoms with E-state index in [2.05, 4.69) is 11.2 Å². The average Bonchev–Trinajstić information content (AvgIpc) is 2.72. The van der Waals surface area contributed by atoms with Crippen LogP contribution in [0.1, 0.15) is 22.3 Å². The predicted octanol–water partition coefficient (Wildman–Crippen LogP) is 6.65. The molecule has 0 aliphatic rings. The van der Waals surface area contributed by atoms with Crippen LogP contribution in [-0.2, 0) is 18.1 Å². The molecule has 0 radical (unpaired) electrons. The molecular weight excluding hydrogens is 431 g/mol. The summed E-state index contributed by atoms with van der Waals surface area (Å²) < 4.78 is 5.74. The van der Waals surface area contributed by atoms with E-state index in [1.807, 2.05) is 30.3 Å². The Bertz CT molecular complexity index is 1050. The van der Waals surface area contributed by atoms with Gasteiger partial charge in [0, 0.05) is 16.1 Å². The summed E-state index contributed by atoms with van der Waals surface area (Å²) in [5.41, 5.74) is 2.79. The number of benzene rings is 3. The number of ether oxygens (including phenoxy) is 1. The summed E-state index contributed by atoms with van der Waals surface area (Å²) in [5.74, 6) is 0.370. The number of nitrogens with zero attached hydrogens (tertiary/aromatic N) is 2. The minimum atomic E-state index is 0.181. The van der Waals surface area contributed by atoms with Crippen LogP contribution in [-0.4, -0.2) is 6.21 Å². The van der Waals surface area contributed by atoms with E-state index in [0.29, 0.717) is 31.9 Å². The molecule has 7 heteroatoms. The van der Waals surface area contributed by atoms with E-state index in [0.717, 1.165) is 11.1 Å². The summed E-state index contributed by atoms with van der Waals surface area (Å²) in [7, 11) is 0. The van der Waals surface area contributed by atoms with Gasteiger partial charge in [0.25, 0.3) is 0 Å². The number of halogens is 3. The van der Waals surface area contributed by atoms with Crippen molar-refractivity contribution in [3.63, 3.8) is 0 Å². The minimum absolute atomic E-state index is 0.181. The van der Waals surface area contributed by atoms with Gasteiger partial charge in [-0.2, -0.15) is 5.26 Å². The normalized spacial score (nSPS) is 10.7. The van der Waals surface area contributed by atoms with Crippen molar-refractivity contribution in [2.45, 2.75) is 13.2 Å². The maximum atomic E-state index is 9.08. The third-order valence-electron chi connectivity index (χ3n) is 3.98. The molecule has 0 saturated heterocycles. The van der Waals surface area contributed by atoms with Crippen LogP contribution in [0.4, 0.5) is 0 Å². The smallest absolute Gasteiger partial charge is 0.157 e. The van der Waals surface area contributed by atoms with Gasteiger partial charge < -0.3 is 9.57 Å². The first-order chi connectivity index (χ1) is 14.1. The molecule has 3 rings (SSSR count). The highest BCUT2D eigenvalue weighted by Gasteiger charge is 2.11. The average molecular weight is 446 g/mol. The van der Waals surface area contributed by atoms with Gasteiger partial charge in [-0.05, 0) is 29.8 Å². The highest BCUT2D eigenvalue weighted by molar-refractivity contribution is 6.37. The summed E-state index contributed by atoms with van der Waals surface area (Å²) in [5, 5.41) is 14.3. The third kappa shape index (κ3) is 5.65. The largest absolute Gasteiger partial charge is 0.486 e. The van der Waals surface area contributed by atoms with Gasteiger partial charge in [0.1, 0.15) is 13.2 Å². The van der Waals surface area contributed by atoms with Crippen molar-refractivity contribution in [2.24, 2.45) is 5.16 Å². The molecule has 0 saturated carbocycles. The Labute approximate surface area is 183 Å². The number of hydrogen-bond acceptors (Lipinski definition) is 4. The molecule has 3 aromatic rings. The Morgan fingerprint density at radius 1 is 0.862 bits per heavy atom. The molecule has 29 heavy (non-hydrogen) atoms. The summed E-state index contributed by atoms with van der Waals surface area (Å²) in [6, 6.07) is 20.0. The van der Waals surface area contributed by atoms with Crippen LogP contribution in [0.5, 0.6) is 5.75 Å². The van der Waals surface area contributed by atoms with Crippen molar-refractivity contribution in [3.8, 4) is 11.8 Å². The molecule has 0 aliphatic heterocycles. The molecule has 0 atom stereocenters. The maximum Gasteiger partial charge on any atom is 0.157 e. The Hall–Kier alpha value is -2.71. The summed E-state index contributed by atoms with van der Waals surface area (Å²) in [6.45, 7) is 0.425. The molecule has 146 valence electrons. The van der Waals surface area contributed by atoms with Crippen molar-refractivity contribution in [3.05, 3.63) is 98.0 Å². The van der Waals surface area contributed by atoms with Gasteiger partial charge >= 0.3 is 0 Å². The van der Waals surface area contributed by atoms with Gasteiger partial charge in [0.05, 0.1) is 27.9 Å². The topological polar surface area (TPSA) is 54.6 Å². The molecule has 4 nitrogen and oxygen atoms in total. The van der Waals surface area contributed by atoms with E-state index in [-0.39, 0.29) is 13.2 Å². The Morgan fingerprint density at radius 3 is 2.21 bits per heavy atom. The van der Waals surface area contributed by atoms with Crippen molar-refractivity contribution in [1.29, 1.82) is 5.26 Å². The number of oxime groups is 1. The zero-order chi connectivity index (χ0) is 20.6. The van der Waals surface area contributed by atoms with Crippen molar-refractivity contribution >= 4 is 41.0 Å². The molecule has 0 aliphatic carbocycles. The predicted molar refractivity (Wildman–Crippen MR) is 116 cm³/mol. The lowest BCUT2D eigenvalue weighted by atomic mass is 10.1. The van der Waals surface area contributed by atoms with Crippen molar-refractivity contribution in [1.82, 2.24) is 0 Å². The molecule has 0 unspecified atom stereocenters. The van der Waals surface area contributed by atoms with Gasteiger partial charge in [-0.1, -0.05) is 76.4 Å². The van der Waals surface area contributed by atoms with E-state index >= 15 is 0 Å². The molecule has 0 spiro atoms. The first-order valence-electron chi connectivity index (χ1n) is 8.57. The van der Waals surface area contributed by atoms with E-state index < -0.39 is 0 Å². The van der Waals surface area contributed by atoms with E-state index in [4.69, 9.17) is 49.6 Å². The lowest BCUT2D eigenvalue weighted by molar-refractivity contribution is 0.132. The zero-order valence-corrected chi connectivity index (χ0v) is 17.4. The zero-order valence-electron chi connectivity index (χ0n) is 15.1. The number of hydrogen-bond donors (Lipinski definition) is 0. The summed E-state index contributed by atoms with van der Waals surface area (Å²) in [6.07, 6.45) is 1.49. The number of rotatable bonds is 7. The van der Waals surface area contributed by atoms with Gasteiger partial charge in [-0.15, -0.1) is 0 Å². The lowest BCUT2D eigenvalue weighted by Crippen LogP contribution is -1.98. The molecule has 0 fully saturated rings. The second-order valence-corrected chi connectivity index (χ2v) is 7.19. The third-order valence-corrected chi connectivity index (χ3v) is 4.91. The SMILES string of the molecule is N#Cc1ccccc1CO/N=C\c1cc(Cl)c(OCc2ccccc2Cl)c(Cl)c1. The van der Waals surface area contributed by atoms with E-state index in [1.165, 1.54) is 6.21 Å². The Kier molecular flexibility index (Phi) is 7.37. The molecule has 0 aromatic heterocycles. The first kappa shape index (κ1) is 21.0. The van der Waals surface area contributed by atoms with Crippen LogP contribution in [0.2, 0.25) is 15.1 Å². The second-order valence-electron chi connectivity index (χ2n) is 5.97. The first-order valence-corrected chi connectivity index (χ1v) is 9.70. The van der Waals surface area contributed by atoms with Crippen LogP contribution < -0.4 is 4.74 Å². The van der Waals surface area contributed by atoms with Gasteiger partial charge in [0.15, 0.2) is 5.75 Å². The van der Waals surface area contributed by atoms with Gasteiger partial charge in [-0.25, -0.2) is 0 Å². The van der Waals surface area contributed by atoms with Crippen LogP contribution in [0, 0.1) is 11.3 Å². The van der Waals surface area contributed by atoms with E-state index in [1.54, 1.807) is 30.3 Å². The standard InChI is InChI=1S/C22H15Cl3N2O2/c23-19-8-4-3-7-18(19)13-28-22-20(24)9-15(10-21(22)25)12-27-29-14-17-6-2-1-5-16(17)11-26/h1-10,12H,13-14H2/b27-12-. The van der Waals surface area contributed by atoms with Crippen molar-refractivity contribution < 1.29 is 9.57 Å². The van der Waals surface area contributed by atoms with Crippen LogP contribution in [0.3, 0.4) is 0 Å². The molecule has 0 bridgehead atoms. The second kappa shape index (κ2) is 10.2. The number of nitriles is 1. The fourth-order valence-electron chi connectivity index (χ4n) is 2.52. The van der Waals surface area contributed by atoms with Crippen LogP contribution >= 0.6 is 34.8 Å².